The number of aromatic nitrogens is 1. The molecule has 0 aliphatic heterocycles. The fraction of sp³-hybridized carbons (Fsp3) is 0.333. The van der Waals surface area contributed by atoms with Gasteiger partial charge < -0.3 is 15.2 Å². The van der Waals surface area contributed by atoms with Crippen molar-refractivity contribution in [1.82, 2.24) is 9.88 Å². The second-order valence-electron chi connectivity index (χ2n) is 5.68. The Labute approximate surface area is 136 Å². The number of rotatable bonds is 6. The van der Waals surface area contributed by atoms with Crippen molar-refractivity contribution < 1.29 is 9.59 Å². The van der Waals surface area contributed by atoms with E-state index in [0.717, 1.165) is 28.9 Å². The summed E-state index contributed by atoms with van der Waals surface area (Å²) >= 11 is 0. The molecule has 0 unspecified atom stereocenters. The number of hydrogen-bond donors (Lipinski definition) is 2. The molecule has 2 rings (SSSR count). The number of carbonyl (C=O) groups excluding carboxylic acids is 2. The van der Waals surface area contributed by atoms with Crippen LogP contribution in [0.1, 0.15) is 23.2 Å². The number of nitrogens with one attached hydrogen (secondary N) is 2. The van der Waals surface area contributed by atoms with Crippen LogP contribution >= 0.6 is 0 Å². The van der Waals surface area contributed by atoms with Gasteiger partial charge in [0.25, 0.3) is 0 Å². The third kappa shape index (κ3) is 4.71. The van der Waals surface area contributed by atoms with Crippen LogP contribution in [0.25, 0.3) is 0 Å². The fourth-order valence-electron chi connectivity index (χ4n) is 2.38. The van der Waals surface area contributed by atoms with Gasteiger partial charge in [-0.15, -0.1) is 0 Å². The molecule has 23 heavy (non-hydrogen) atoms. The molecule has 0 saturated heterocycles. The molecule has 0 radical (unpaired) electrons. The molecule has 122 valence electrons. The van der Waals surface area contributed by atoms with E-state index in [2.05, 4.69) is 10.6 Å². The first-order chi connectivity index (χ1) is 11.0. The molecule has 2 aromatic rings. The Hall–Kier alpha value is -2.56. The topological polar surface area (TPSA) is 63.1 Å². The molecule has 2 amide bonds. The summed E-state index contributed by atoms with van der Waals surface area (Å²) in [6.07, 6.45) is 2.54. The zero-order valence-electron chi connectivity index (χ0n) is 13.8. The van der Waals surface area contributed by atoms with Crippen molar-refractivity contribution in [3.05, 3.63) is 53.3 Å². The molecule has 1 aromatic heterocycles. The van der Waals surface area contributed by atoms with Crippen molar-refractivity contribution in [3.8, 4) is 0 Å². The van der Waals surface area contributed by atoms with E-state index < -0.39 is 0 Å². The predicted octanol–water partition coefficient (Wildman–Crippen LogP) is 2.33. The van der Waals surface area contributed by atoms with E-state index in [0.29, 0.717) is 6.54 Å². The Bertz CT molecular complexity index is 704. The maximum atomic E-state index is 12.0. The second kappa shape index (κ2) is 7.63. The quantitative estimate of drug-likeness (QED) is 0.804. The van der Waals surface area contributed by atoms with Crippen molar-refractivity contribution in [2.75, 3.05) is 11.9 Å². The van der Waals surface area contributed by atoms with Crippen molar-refractivity contribution in [2.45, 2.75) is 26.7 Å². The van der Waals surface area contributed by atoms with Gasteiger partial charge in [0.15, 0.2) is 0 Å². The lowest BCUT2D eigenvalue weighted by molar-refractivity contribution is -0.126. The Morgan fingerprint density at radius 3 is 2.57 bits per heavy atom. The van der Waals surface area contributed by atoms with E-state index in [-0.39, 0.29) is 18.2 Å². The lowest BCUT2D eigenvalue weighted by atomic mass is 10.1. The molecular weight excluding hydrogens is 290 g/mol. The molecule has 1 heterocycles. The van der Waals surface area contributed by atoms with Gasteiger partial charge >= 0.3 is 0 Å². The first-order valence-corrected chi connectivity index (χ1v) is 7.70. The number of benzene rings is 1. The average molecular weight is 313 g/mol. The molecule has 0 atom stereocenters. The van der Waals surface area contributed by atoms with E-state index in [1.165, 1.54) is 0 Å². The maximum Gasteiger partial charge on any atom is 0.233 e. The predicted molar refractivity (Wildman–Crippen MR) is 91.3 cm³/mol. The van der Waals surface area contributed by atoms with Crippen LogP contribution in [0.5, 0.6) is 0 Å². The van der Waals surface area contributed by atoms with Gasteiger partial charge in [0, 0.05) is 37.6 Å². The van der Waals surface area contributed by atoms with E-state index >= 15 is 0 Å². The number of amides is 2. The number of carbonyl (C=O) groups is 2. The zero-order chi connectivity index (χ0) is 16.8. The molecule has 0 fully saturated rings. The van der Waals surface area contributed by atoms with E-state index in [1.54, 1.807) is 0 Å². The van der Waals surface area contributed by atoms with Gasteiger partial charge in [-0.25, -0.2) is 0 Å². The third-order valence-electron chi connectivity index (χ3n) is 3.95. The SMILES string of the molecule is Cc1cccc(NC(=O)CC(=O)NCCc2cccn2C)c1C. The molecule has 0 aliphatic rings. The minimum atomic E-state index is -0.296. The standard InChI is InChI=1S/C18H23N3O2/c1-13-6-4-8-16(14(13)2)20-18(23)12-17(22)19-10-9-15-7-5-11-21(15)3/h4-8,11H,9-10,12H2,1-3H3,(H,19,22)(H,20,23). The second-order valence-corrected chi connectivity index (χ2v) is 5.68. The maximum absolute atomic E-state index is 12.0. The molecule has 0 aliphatic carbocycles. The highest BCUT2D eigenvalue weighted by Gasteiger charge is 2.11. The highest BCUT2D eigenvalue weighted by Crippen LogP contribution is 2.17. The number of anilines is 1. The minimum absolute atomic E-state index is 0.166. The third-order valence-corrected chi connectivity index (χ3v) is 3.95. The summed E-state index contributed by atoms with van der Waals surface area (Å²) < 4.78 is 2.01. The summed E-state index contributed by atoms with van der Waals surface area (Å²) in [6, 6.07) is 9.70. The Kier molecular flexibility index (Phi) is 5.57. The molecule has 0 bridgehead atoms. The number of nitrogens with zero attached hydrogens (tertiary/aromatic N) is 1. The summed E-state index contributed by atoms with van der Waals surface area (Å²) in [5.74, 6) is -0.558. The summed E-state index contributed by atoms with van der Waals surface area (Å²) in [6.45, 7) is 4.46. The van der Waals surface area contributed by atoms with Gasteiger partial charge in [-0.1, -0.05) is 12.1 Å². The first kappa shape index (κ1) is 16.8. The van der Waals surface area contributed by atoms with Crippen molar-refractivity contribution in [1.29, 1.82) is 0 Å². The summed E-state index contributed by atoms with van der Waals surface area (Å²) in [5.41, 5.74) is 4.02. The molecule has 2 N–H and O–H groups in total. The van der Waals surface area contributed by atoms with Crippen LogP contribution in [0.3, 0.4) is 0 Å². The monoisotopic (exact) mass is 313 g/mol. The highest BCUT2D eigenvalue weighted by atomic mass is 16.2. The first-order valence-electron chi connectivity index (χ1n) is 7.70. The molecule has 0 saturated carbocycles. The fourth-order valence-corrected chi connectivity index (χ4v) is 2.38. The van der Waals surface area contributed by atoms with Gasteiger partial charge in [0.05, 0.1) is 0 Å². The van der Waals surface area contributed by atoms with Crippen LogP contribution < -0.4 is 10.6 Å². The largest absolute Gasteiger partial charge is 0.355 e. The number of aryl methyl sites for hydroxylation is 2. The minimum Gasteiger partial charge on any atom is -0.355 e. The van der Waals surface area contributed by atoms with Crippen LogP contribution in [-0.2, 0) is 23.1 Å². The Morgan fingerprint density at radius 1 is 1.09 bits per heavy atom. The van der Waals surface area contributed by atoms with Gasteiger partial charge in [-0.2, -0.15) is 0 Å². The van der Waals surface area contributed by atoms with E-state index in [4.69, 9.17) is 0 Å². The van der Waals surface area contributed by atoms with Crippen molar-refractivity contribution >= 4 is 17.5 Å². The Balaban J connectivity index is 1.77. The van der Waals surface area contributed by atoms with Crippen LogP contribution in [0.4, 0.5) is 5.69 Å². The lowest BCUT2D eigenvalue weighted by Crippen LogP contribution is -2.30. The van der Waals surface area contributed by atoms with E-state index in [1.807, 2.05) is 62.0 Å². The van der Waals surface area contributed by atoms with Gasteiger partial charge in [0.1, 0.15) is 6.42 Å². The van der Waals surface area contributed by atoms with Crippen molar-refractivity contribution in [3.63, 3.8) is 0 Å². The van der Waals surface area contributed by atoms with Gasteiger partial charge in [-0.3, -0.25) is 9.59 Å². The highest BCUT2D eigenvalue weighted by molar-refractivity contribution is 6.03. The smallest absolute Gasteiger partial charge is 0.233 e. The van der Waals surface area contributed by atoms with Crippen LogP contribution in [0.2, 0.25) is 0 Å². The summed E-state index contributed by atoms with van der Waals surface area (Å²) in [5, 5.41) is 5.57. The summed E-state index contributed by atoms with van der Waals surface area (Å²) in [4.78, 5) is 23.8. The van der Waals surface area contributed by atoms with E-state index in [9.17, 15) is 9.59 Å². The summed E-state index contributed by atoms with van der Waals surface area (Å²) in [7, 11) is 1.97. The molecular formula is C18H23N3O2. The van der Waals surface area contributed by atoms with Crippen LogP contribution in [-0.4, -0.2) is 22.9 Å². The van der Waals surface area contributed by atoms with Crippen LogP contribution in [0, 0.1) is 13.8 Å². The zero-order valence-corrected chi connectivity index (χ0v) is 13.8. The molecule has 1 aromatic carbocycles. The van der Waals surface area contributed by atoms with Crippen molar-refractivity contribution in [2.24, 2.45) is 7.05 Å². The number of hydrogen-bond acceptors (Lipinski definition) is 2. The normalized spacial score (nSPS) is 10.4. The lowest BCUT2D eigenvalue weighted by Gasteiger charge is -2.10. The molecule has 5 nitrogen and oxygen atoms in total. The van der Waals surface area contributed by atoms with Gasteiger partial charge in [-0.05, 0) is 43.2 Å². The molecule has 0 spiro atoms. The van der Waals surface area contributed by atoms with Crippen LogP contribution in [0.15, 0.2) is 36.5 Å². The molecule has 5 heteroatoms. The van der Waals surface area contributed by atoms with Gasteiger partial charge in [0.2, 0.25) is 11.8 Å². The Morgan fingerprint density at radius 2 is 1.87 bits per heavy atom. The average Bonchev–Trinajstić information content (AvgIpc) is 2.89.